The molecule has 1 atom stereocenters. The number of aryl methyl sites for hydroxylation is 2. The van der Waals surface area contributed by atoms with E-state index in [-0.39, 0.29) is 22.5 Å². The van der Waals surface area contributed by atoms with Crippen LogP contribution in [0.1, 0.15) is 61.6 Å². The molecule has 3 aromatic rings. The molecule has 0 aliphatic carbocycles. The molecule has 0 spiro atoms. The summed E-state index contributed by atoms with van der Waals surface area (Å²) in [5, 5.41) is 21.8. The highest BCUT2D eigenvalue weighted by molar-refractivity contribution is 6.51. The number of rotatable bonds is 5. The van der Waals surface area contributed by atoms with E-state index in [0.29, 0.717) is 29.2 Å². The molecule has 1 unspecified atom stereocenters. The van der Waals surface area contributed by atoms with Gasteiger partial charge in [-0.3, -0.25) is 14.5 Å². The summed E-state index contributed by atoms with van der Waals surface area (Å²) in [6.07, 6.45) is 0. The quantitative estimate of drug-likeness (QED) is 0.243. The monoisotopic (exact) mass is 499 g/mol. The minimum atomic E-state index is -0.918. The van der Waals surface area contributed by atoms with Crippen LogP contribution in [0.2, 0.25) is 0 Å². The van der Waals surface area contributed by atoms with Gasteiger partial charge >= 0.3 is 0 Å². The minimum absolute atomic E-state index is 0.000685. The lowest BCUT2D eigenvalue weighted by Gasteiger charge is -2.26. The SMILES string of the molecule is CCOc1ccc(/C(O)=C2/C(=O)C(=O)N(c3ccc(C)c(C)c3)C2c2cccc(O)c2)cc1C(C)(C)C. The van der Waals surface area contributed by atoms with E-state index in [1.165, 1.54) is 17.0 Å². The third-order valence-corrected chi connectivity index (χ3v) is 6.76. The lowest BCUT2D eigenvalue weighted by Crippen LogP contribution is -2.29. The van der Waals surface area contributed by atoms with Gasteiger partial charge in [-0.25, -0.2) is 0 Å². The van der Waals surface area contributed by atoms with Crippen molar-refractivity contribution >= 4 is 23.1 Å². The molecule has 0 saturated carbocycles. The van der Waals surface area contributed by atoms with Crippen molar-refractivity contribution in [1.29, 1.82) is 0 Å². The number of anilines is 1. The molecule has 6 nitrogen and oxygen atoms in total. The van der Waals surface area contributed by atoms with Crippen molar-refractivity contribution in [2.24, 2.45) is 0 Å². The molecule has 1 saturated heterocycles. The highest BCUT2D eigenvalue weighted by atomic mass is 16.5. The lowest BCUT2D eigenvalue weighted by atomic mass is 9.84. The molecule has 1 fully saturated rings. The predicted octanol–water partition coefficient (Wildman–Crippen LogP) is 6.33. The third kappa shape index (κ3) is 4.84. The van der Waals surface area contributed by atoms with Crippen molar-refractivity contribution in [3.63, 3.8) is 0 Å². The van der Waals surface area contributed by atoms with Gasteiger partial charge in [0.25, 0.3) is 11.7 Å². The molecule has 6 heteroatoms. The number of aromatic hydroxyl groups is 1. The summed E-state index contributed by atoms with van der Waals surface area (Å²) < 4.78 is 5.81. The zero-order chi connectivity index (χ0) is 27.1. The van der Waals surface area contributed by atoms with Crippen molar-refractivity contribution in [3.8, 4) is 11.5 Å². The van der Waals surface area contributed by atoms with Crippen molar-refractivity contribution in [3.05, 3.63) is 94.1 Å². The second-order valence-electron chi connectivity index (χ2n) is 10.4. The van der Waals surface area contributed by atoms with Crippen LogP contribution < -0.4 is 9.64 Å². The molecular weight excluding hydrogens is 466 g/mol. The summed E-state index contributed by atoms with van der Waals surface area (Å²) >= 11 is 0. The number of carbonyl (C=O) groups is 2. The first-order valence-electron chi connectivity index (χ1n) is 12.4. The fourth-order valence-electron chi connectivity index (χ4n) is 4.68. The van der Waals surface area contributed by atoms with Gasteiger partial charge in [0.2, 0.25) is 0 Å². The number of ether oxygens (including phenoxy) is 1. The van der Waals surface area contributed by atoms with Gasteiger partial charge in [-0.05, 0) is 85.3 Å². The van der Waals surface area contributed by atoms with Crippen LogP contribution in [-0.2, 0) is 15.0 Å². The van der Waals surface area contributed by atoms with E-state index in [4.69, 9.17) is 4.74 Å². The number of hydrogen-bond acceptors (Lipinski definition) is 5. The Kier molecular flexibility index (Phi) is 6.87. The molecule has 0 radical (unpaired) electrons. The fraction of sp³-hybridized carbons (Fsp3) is 0.290. The van der Waals surface area contributed by atoms with Gasteiger partial charge in [0.1, 0.15) is 17.3 Å². The van der Waals surface area contributed by atoms with Gasteiger partial charge in [-0.2, -0.15) is 0 Å². The van der Waals surface area contributed by atoms with Gasteiger partial charge in [-0.1, -0.05) is 39.0 Å². The molecule has 1 heterocycles. The van der Waals surface area contributed by atoms with E-state index >= 15 is 0 Å². The standard InChI is InChI=1S/C31H33NO5/c1-7-37-25-14-12-21(17-24(25)31(4,5)6)28(34)26-27(20-9-8-10-23(33)16-20)32(30(36)29(26)35)22-13-11-18(2)19(3)15-22/h8-17,27,33-34H,7H2,1-6H3/b28-26-. The molecule has 1 aliphatic rings. The first-order valence-corrected chi connectivity index (χ1v) is 12.4. The number of amides is 1. The highest BCUT2D eigenvalue weighted by Gasteiger charge is 2.47. The first-order chi connectivity index (χ1) is 17.4. The first kappa shape index (κ1) is 26.0. The molecular formula is C31H33NO5. The summed E-state index contributed by atoms with van der Waals surface area (Å²) in [7, 11) is 0. The maximum atomic E-state index is 13.5. The maximum Gasteiger partial charge on any atom is 0.300 e. The predicted molar refractivity (Wildman–Crippen MR) is 145 cm³/mol. The van der Waals surface area contributed by atoms with Crippen LogP contribution in [0.15, 0.2) is 66.2 Å². The largest absolute Gasteiger partial charge is 0.508 e. The minimum Gasteiger partial charge on any atom is -0.508 e. The molecule has 1 amide bonds. The summed E-state index contributed by atoms with van der Waals surface area (Å²) in [5.74, 6) is -1.09. The summed E-state index contributed by atoms with van der Waals surface area (Å²) in [4.78, 5) is 28.3. The van der Waals surface area contributed by atoms with Gasteiger partial charge in [-0.15, -0.1) is 0 Å². The molecule has 3 aromatic carbocycles. The Balaban J connectivity index is 1.96. The Morgan fingerprint density at radius 1 is 0.973 bits per heavy atom. The second-order valence-corrected chi connectivity index (χ2v) is 10.4. The summed E-state index contributed by atoms with van der Waals surface area (Å²) in [6, 6.07) is 16.3. The van der Waals surface area contributed by atoms with Crippen molar-refractivity contribution in [2.75, 3.05) is 11.5 Å². The fourth-order valence-corrected chi connectivity index (χ4v) is 4.68. The number of aliphatic hydroxyl groups is 1. The Morgan fingerprint density at radius 3 is 2.32 bits per heavy atom. The maximum absolute atomic E-state index is 13.5. The van der Waals surface area contributed by atoms with E-state index in [1.807, 2.05) is 59.7 Å². The average Bonchev–Trinajstić information content (AvgIpc) is 3.10. The third-order valence-electron chi connectivity index (χ3n) is 6.76. The van der Waals surface area contributed by atoms with Crippen LogP contribution >= 0.6 is 0 Å². The molecule has 192 valence electrons. The number of hydrogen-bond donors (Lipinski definition) is 2. The van der Waals surface area contributed by atoms with E-state index < -0.39 is 17.7 Å². The lowest BCUT2D eigenvalue weighted by molar-refractivity contribution is -0.132. The number of aliphatic hydroxyl groups excluding tert-OH is 1. The van der Waals surface area contributed by atoms with Crippen LogP contribution in [0, 0.1) is 13.8 Å². The normalized spacial score (nSPS) is 17.4. The molecule has 1 aliphatic heterocycles. The summed E-state index contributed by atoms with van der Waals surface area (Å²) in [5.41, 5.74) is 4.04. The Morgan fingerprint density at radius 2 is 1.70 bits per heavy atom. The number of Topliss-reactive ketones (excluding diaryl/α,β-unsaturated/α-hetero) is 1. The Hall–Kier alpha value is -4.06. The smallest absolute Gasteiger partial charge is 0.300 e. The molecule has 0 aromatic heterocycles. The Labute approximate surface area is 217 Å². The topological polar surface area (TPSA) is 87.1 Å². The highest BCUT2D eigenvalue weighted by Crippen LogP contribution is 2.44. The van der Waals surface area contributed by atoms with Crippen LogP contribution in [0.4, 0.5) is 5.69 Å². The van der Waals surface area contributed by atoms with Crippen molar-refractivity contribution < 1.29 is 24.5 Å². The van der Waals surface area contributed by atoms with Gasteiger partial charge in [0.05, 0.1) is 18.2 Å². The van der Waals surface area contributed by atoms with E-state index in [2.05, 4.69) is 0 Å². The van der Waals surface area contributed by atoms with Gasteiger partial charge < -0.3 is 14.9 Å². The van der Waals surface area contributed by atoms with E-state index in [0.717, 1.165) is 16.7 Å². The van der Waals surface area contributed by atoms with Crippen molar-refractivity contribution in [2.45, 2.75) is 53.0 Å². The Bertz CT molecular complexity index is 1410. The molecule has 0 bridgehead atoms. The van der Waals surface area contributed by atoms with Crippen molar-refractivity contribution in [1.82, 2.24) is 0 Å². The number of benzene rings is 3. The zero-order valence-electron chi connectivity index (χ0n) is 22.1. The van der Waals surface area contributed by atoms with Gasteiger partial charge in [0.15, 0.2) is 0 Å². The number of nitrogens with zero attached hydrogens (tertiary/aromatic N) is 1. The van der Waals surface area contributed by atoms with E-state index in [9.17, 15) is 19.8 Å². The van der Waals surface area contributed by atoms with Gasteiger partial charge in [0, 0.05) is 16.8 Å². The number of phenolic OH excluding ortho intramolecular Hbond substituents is 1. The van der Waals surface area contributed by atoms with Crippen LogP contribution in [-0.4, -0.2) is 28.5 Å². The number of phenols is 1. The summed E-state index contributed by atoms with van der Waals surface area (Å²) in [6.45, 7) is 12.4. The number of carbonyl (C=O) groups excluding carboxylic acids is 2. The van der Waals surface area contributed by atoms with Crippen LogP contribution in [0.25, 0.3) is 5.76 Å². The zero-order valence-corrected chi connectivity index (χ0v) is 22.1. The molecule has 2 N–H and O–H groups in total. The second kappa shape index (κ2) is 9.77. The van der Waals surface area contributed by atoms with Crippen LogP contribution in [0.3, 0.4) is 0 Å². The van der Waals surface area contributed by atoms with E-state index in [1.54, 1.807) is 30.3 Å². The number of ketones is 1. The average molecular weight is 500 g/mol. The van der Waals surface area contributed by atoms with Crippen LogP contribution in [0.5, 0.6) is 11.5 Å². The molecule has 37 heavy (non-hydrogen) atoms. The molecule has 4 rings (SSSR count).